The summed E-state index contributed by atoms with van der Waals surface area (Å²) in [6.45, 7) is 0.947. The van der Waals surface area contributed by atoms with Gasteiger partial charge in [0.1, 0.15) is 12.1 Å². The normalized spacial score (nSPS) is 18.9. The van der Waals surface area contributed by atoms with E-state index in [0.717, 1.165) is 23.3 Å². The molecule has 1 saturated carbocycles. The van der Waals surface area contributed by atoms with E-state index in [1.165, 1.54) is 4.90 Å². The highest BCUT2D eigenvalue weighted by Gasteiger charge is 2.52. The Morgan fingerprint density at radius 2 is 1.86 bits per heavy atom. The van der Waals surface area contributed by atoms with Crippen LogP contribution in [0.1, 0.15) is 44.2 Å². The summed E-state index contributed by atoms with van der Waals surface area (Å²) >= 11 is 0. The molecule has 3 rings (SSSR count). The summed E-state index contributed by atoms with van der Waals surface area (Å²) in [5.41, 5.74) is 0.101. The number of urea groups is 1. The highest BCUT2D eigenvalue weighted by molar-refractivity contribution is 6.08. The number of esters is 1. The van der Waals surface area contributed by atoms with E-state index in [4.69, 9.17) is 4.74 Å². The number of carbonyl (C=O) groups is 4. The van der Waals surface area contributed by atoms with Crippen LogP contribution >= 0.6 is 0 Å². The molecule has 8 heteroatoms. The standard InChI is InChI=1S/C20H25N3O5/c1-14(15-8-4-3-5-9-15)22(2)16(24)13-28-17(25)12-23-18(26)20(21-19(23)27)10-6-7-11-20/h3-5,8-9,14H,6-7,10-13H2,1-2H3,(H,21,27)/t14-/m1/s1. The number of rotatable bonds is 6. The highest BCUT2D eigenvalue weighted by atomic mass is 16.5. The van der Waals surface area contributed by atoms with Crippen LogP contribution in [0.25, 0.3) is 0 Å². The van der Waals surface area contributed by atoms with Crippen molar-refractivity contribution >= 4 is 23.8 Å². The fourth-order valence-electron chi connectivity index (χ4n) is 3.73. The van der Waals surface area contributed by atoms with Gasteiger partial charge >= 0.3 is 12.0 Å². The summed E-state index contributed by atoms with van der Waals surface area (Å²) < 4.78 is 5.02. The minimum atomic E-state index is -0.863. The lowest BCUT2D eigenvalue weighted by molar-refractivity contribution is -0.154. The Labute approximate surface area is 163 Å². The van der Waals surface area contributed by atoms with Gasteiger partial charge in [0.2, 0.25) is 0 Å². The van der Waals surface area contributed by atoms with E-state index < -0.39 is 30.7 Å². The van der Waals surface area contributed by atoms with Gasteiger partial charge in [-0.25, -0.2) is 4.79 Å². The molecule has 8 nitrogen and oxygen atoms in total. The summed E-state index contributed by atoms with van der Waals surface area (Å²) in [7, 11) is 1.63. The predicted molar refractivity (Wildman–Crippen MR) is 100 cm³/mol. The fraction of sp³-hybridized carbons (Fsp3) is 0.500. The van der Waals surface area contributed by atoms with Crippen LogP contribution < -0.4 is 5.32 Å². The van der Waals surface area contributed by atoms with Crippen LogP contribution in [0.5, 0.6) is 0 Å². The van der Waals surface area contributed by atoms with Crippen LogP contribution in [-0.4, -0.2) is 59.4 Å². The SMILES string of the molecule is C[C@H](c1ccccc1)N(C)C(=O)COC(=O)CN1C(=O)NC2(CCCC2)C1=O. The summed E-state index contributed by atoms with van der Waals surface area (Å²) in [6.07, 6.45) is 2.91. The van der Waals surface area contributed by atoms with Crippen LogP contribution in [0, 0.1) is 0 Å². The van der Waals surface area contributed by atoms with Gasteiger partial charge in [0, 0.05) is 7.05 Å². The number of ether oxygens (including phenoxy) is 1. The molecule has 150 valence electrons. The van der Waals surface area contributed by atoms with Gasteiger partial charge in [-0.05, 0) is 25.3 Å². The zero-order valence-corrected chi connectivity index (χ0v) is 16.1. The molecule has 0 bridgehead atoms. The molecule has 2 aliphatic rings. The quantitative estimate of drug-likeness (QED) is 0.591. The maximum atomic E-state index is 12.5. The molecule has 0 radical (unpaired) electrons. The monoisotopic (exact) mass is 387 g/mol. The predicted octanol–water partition coefficient (Wildman–Crippen LogP) is 1.61. The molecule has 1 aliphatic heterocycles. The van der Waals surface area contributed by atoms with Crippen LogP contribution in [0.2, 0.25) is 0 Å². The van der Waals surface area contributed by atoms with Crippen molar-refractivity contribution in [1.82, 2.24) is 15.1 Å². The van der Waals surface area contributed by atoms with Crippen LogP contribution in [-0.2, 0) is 19.1 Å². The molecule has 1 heterocycles. The molecule has 0 aromatic heterocycles. The number of hydrogen-bond donors (Lipinski definition) is 1. The summed E-state index contributed by atoms with van der Waals surface area (Å²) in [5.74, 6) is -1.53. The molecule has 1 aliphatic carbocycles. The Morgan fingerprint density at radius 3 is 2.50 bits per heavy atom. The van der Waals surface area contributed by atoms with Gasteiger partial charge in [-0.1, -0.05) is 43.2 Å². The van der Waals surface area contributed by atoms with Gasteiger partial charge in [0.05, 0.1) is 6.04 Å². The minimum Gasteiger partial charge on any atom is -0.454 e. The van der Waals surface area contributed by atoms with Crippen LogP contribution in [0.15, 0.2) is 30.3 Å². The second-order valence-corrected chi connectivity index (χ2v) is 7.36. The van der Waals surface area contributed by atoms with E-state index in [1.54, 1.807) is 7.05 Å². The van der Waals surface area contributed by atoms with E-state index in [0.29, 0.717) is 12.8 Å². The van der Waals surface area contributed by atoms with Gasteiger partial charge < -0.3 is 15.0 Å². The lowest BCUT2D eigenvalue weighted by Crippen LogP contribution is -2.44. The van der Waals surface area contributed by atoms with Crippen molar-refractivity contribution in [2.45, 2.75) is 44.2 Å². The number of benzene rings is 1. The molecule has 1 aromatic carbocycles. The summed E-state index contributed by atoms with van der Waals surface area (Å²) in [4.78, 5) is 51.4. The smallest absolute Gasteiger partial charge is 0.326 e. The molecular weight excluding hydrogens is 362 g/mol. The first-order valence-electron chi connectivity index (χ1n) is 9.44. The van der Waals surface area contributed by atoms with Crippen molar-refractivity contribution in [3.63, 3.8) is 0 Å². The topological polar surface area (TPSA) is 96.0 Å². The van der Waals surface area contributed by atoms with Crippen LogP contribution in [0.3, 0.4) is 0 Å². The molecule has 1 aromatic rings. The van der Waals surface area contributed by atoms with Gasteiger partial charge in [-0.3, -0.25) is 19.3 Å². The first kappa shape index (κ1) is 19.9. The zero-order valence-electron chi connectivity index (χ0n) is 16.1. The molecule has 1 atom stereocenters. The van der Waals surface area contributed by atoms with E-state index in [9.17, 15) is 19.2 Å². The van der Waals surface area contributed by atoms with Gasteiger partial charge in [-0.15, -0.1) is 0 Å². The first-order valence-corrected chi connectivity index (χ1v) is 9.44. The van der Waals surface area contributed by atoms with Crippen molar-refractivity contribution in [1.29, 1.82) is 0 Å². The number of likely N-dealkylation sites (N-methyl/N-ethyl adjacent to an activating group) is 1. The molecule has 4 amide bonds. The minimum absolute atomic E-state index is 0.180. The number of nitrogens with zero attached hydrogens (tertiary/aromatic N) is 2. The average molecular weight is 387 g/mol. The third-order valence-corrected chi connectivity index (χ3v) is 5.60. The Morgan fingerprint density at radius 1 is 1.21 bits per heavy atom. The Balaban J connectivity index is 1.51. The number of amides is 4. The Hall–Kier alpha value is -2.90. The van der Waals surface area contributed by atoms with E-state index in [-0.39, 0.29) is 17.9 Å². The van der Waals surface area contributed by atoms with Crippen molar-refractivity contribution in [2.24, 2.45) is 0 Å². The molecular formula is C20H25N3O5. The van der Waals surface area contributed by atoms with Crippen LogP contribution in [0.4, 0.5) is 4.79 Å². The molecule has 0 unspecified atom stereocenters. The lowest BCUT2D eigenvalue weighted by Gasteiger charge is -2.25. The van der Waals surface area contributed by atoms with Crippen molar-refractivity contribution in [2.75, 3.05) is 20.2 Å². The summed E-state index contributed by atoms with van der Waals surface area (Å²) in [5, 5.41) is 2.71. The third kappa shape index (κ3) is 3.85. The van der Waals surface area contributed by atoms with E-state index >= 15 is 0 Å². The molecule has 1 N–H and O–H groups in total. The number of imide groups is 1. The van der Waals surface area contributed by atoms with Crippen molar-refractivity contribution in [3.8, 4) is 0 Å². The van der Waals surface area contributed by atoms with Crippen molar-refractivity contribution in [3.05, 3.63) is 35.9 Å². The number of carbonyl (C=O) groups excluding carboxylic acids is 4. The Kier molecular flexibility index (Phi) is 5.67. The molecule has 1 spiro atoms. The lowest BCUT2D eigenvalue weighted by atomic mass is 9.98. The molecule has 28 heavy (non-hydrogen) atoms. The number of nitrogens with one attached hydrogen (secondary N) is 1. The zero-order chi connectivity index (χ0) is 20.3. The average Bonchev–Trinajstić information content (AvgIpc) is 3.26. The van der Waals surface area contributed by atoms with Crippen molar-refractivity contribution < 1.29 is 23.9 Å². The second kappa shape index (κ2) is 8.00. The third-order valence-electron chi connectivity index (χ3n) is 5.60. The largest absolute Gasteiger partial charge is 0.454 e. The first-order chi connectivity index (χ1) is 13.3. The van der Waals surface area contributed by atoms with Gasteiger partial charge in [-0.2, -0.15) is 0 Å². The summed E-state index contributed by atoms with van der Waals surface area (Å²) in [6, 6.07) is 8.74. The van der Waals surface area contributed by atoms with Gasteiger partial charge in [0.25, 0.3) is 11.8 Å². The van der Waals surface area contributed by atoms with E-state index in [2.05, 4.69) is 5.32 Å². The number of hydrogen-bond acceptors (Lipinski definition) is 5. The Bertz CT molecular complexity index is 773. The highest BCUT2D eigenvalue weighted by Crippen LogP contribution is 2.34. The van der Waals surface area contributed by atoms with Gasteiger partial charge in [0.15, 0.2) is 6.61 Å². The maximum Gasteiger partial charge on any atom is 0.326 e. The van der Waals surface area contributed by atoms with E-state index in [1.807, 2.05) is 37.3 Å². The fourth-order valence-corrected chi connectivity index (χ4v) is 3.73. The second-order valence-electron chi connectivity index (χ2n) is 7.36. The molecule has 1 saturated heterocycles. The molecule has 2 fully saturated rings. The maximum absolute atomic E-state index is 12.5.